The van der Waals surface area contributed by atoms with E-state index >= 15 is 0 Å². The molecule has 3 N–H and O–H groups in total. The Kier molecular flexibility index (Phi) is 4.91. The Morgan fingerprint density at radius 1 is 1.03 bits per heavy atom. The highest BCUT2D eigenvalue weighted by molar-refractivity contribution is 6.05. The van der Waals surface area contributed by atoms with Crippen molar-refractivity contribution in [1.29, 1.82) is 0 Å². The van der Waals surface area contributed by atoms with E-state index in [2.05, 4.69) is 27.1 Å². The lowest BCUT2D eigenvalue weighted by molar-refractivity contribution is 0.102. The molecule has 5 heteroatoms. The summed E-state index contributed by atoms with van der Waals surface area (Å²) in [5, 5.41) is 3.71. The van der Waals surface area contributed by atoms with Gasteiger partial charge in [0.2, 0.25) is 0 Å². The Balaban J connectivity index is 1.55. The number of fused-ring (bicyclic) bond motifs is 1. The third kappa shape index (κ3) is 3.92. The number of hydrogen-bond acceptors (Lipinski definition) is 4. The van der Waals surface area contributed by atoms with Crippen LogP contribution < -0.4 is 11.1 Å². The summed E-state index contributed by atoms with van der Waals surface area (Å²) in [6.07, 6.45) is 1.67. The molecule has 2 aromatic heterocycles. The summed E-state index contributed by atoms with van der Waals surface area (Å²) in [7, 11) is 0. The summed E-state index contributed by atoms with van der Waals surface area (Å²) in [6.45, 7) is 1.81. The van der Waals surface area contributed by atoms with Gasteiger partial charge >= 0.3 is 0 Å². The second-order valence-electron chi connectivity index (χ2n) is 6.46. The van der Waals surface area contributed by atoms with Crippen molar-refractivity contribution in [2.45, 2.75) is 6.92 Å². The molecule has 0 saturated carbocycles. The molecule has 0 aliphatic rings. The molecular weight excluding hydrogens is 360 g/mol. The molecule has 29 heavy (non-hydrogen) atoms. The van der Waals surface area contributed by atoms with Crippen LogP contribution in [0, 0.1) is 11.8 Å². The summed E-state index contributed by atoms with van der Waals surface area (Å²) in [5.74, 6) is 6.05. The van der Waals surface area contributed by atoms with Crippen molar-refractivity contribution in [3.63, 3.8) is 0 Å². The number of pyridine rings is 2. The minimum Gasteiger partial charge on any atom is -0.398 e. The highest BCUT2D eigenvalue weighted by Crippen LogP contribution is 2.27. The number of carbonyl (C=O) groups excluding carboxylic acids is 1. The Morgan fingerprint density at radius 3 is 2.62 bits per heavy atom. The number of hydrogen-bond donors (Lipinski definition) is 2. The number of rotatable bonds is 3. The van der Waals surface area contributed by atoms with Crippen LogP contribution in [0.1, 0.15) is 22.8 Å². The number of anilines is 2. The highest BCUT2D eigenvalue weighted by atomic mass is 16.1. The number of carbonyl (C=O) groups is 1. The van der Waals surface area contributed by atoms with Crippen LogP contribution in [-0.4, -0.2) is 15.9 Å². The minimum absolute atomic E-state index is 0.278. The molecule has 2 aromatic carbocycles. The molecule has 0 bridgehead atoms. The molecule has 0 atom stereocenters. The normalized spacial score (nSPS) is 10.2. The second kappa shape index (κ2) is 7.83. The maximum Gasteiger partial charge on any atom is 0.256 e. The molecule has 0 fully saturated rings. The van der Waals surface area contributed by atoms with Crippen LogP contribution in [0.5, 0.6) is 0 Å². The van der Waals surface area contributed by atoms with Crippen molar-refractivity contribution in [2.75, 3.05) is 11.1 Å². The van der Waals surface area contributed by atoms with Gasteiger partial charge in [0.05, 0.1) is 0 Å². The first-order chi connectivity index (χ1) is 14.1. The molecule has 140 valence electrons. The molecule has 4 rings (SSSR count). The van der Waals surface area contributed by atoms with Gasteiger partial charge in [0, 0.05) is 34.0 Å². The number of amides is 1. The van der Waals surface area contributed by atoms with Crippen molar-refractivity contribution in [2.24, 2.45) is 0 Å². The van der Waals surface area contributed by atoms with Crippen LogP contribution in [0.4, 0.5) is 11.5 Å². The maximum atomic E-state index is 12.6. The Hall–Kier alpha value is -4.17. The quantitative estimate of drug-likeness (QED) is 0.406. The molecular formula is C24H18N4O. The average Bonchev–Trinajstić information content (AvgIpc) is 2.74. The molecule has 0 saturated heterocycles. The van der Waals surface area contributed by atoms with Gasteiger partial charge in [0.25, 0.3) is 5.91 Å². The number of nitrogens with two attached hydrogens (primary N) is 1. The molecule has 5 nitrogen and oxygen atoms in total. The van der Waals surface area contributed by atoms with Crippen LogP contribution in [0.3, 0.4) is 0 Å². The zero-order valence-electron chi connectivity index (χ0n) is 15.8. The van der Waals surface area contributed by atoms with E-state index in [-0.39, 0.29) is 5.91 Å². The van der Waals surface area contributed by atoms with E-state index in [1.54, 1.807) is 31.3 Å². The lowest BCUT2D eigenvalue weighted by atomic mass is 10.0. The SMILES string of the molecule is CC#Cc1ccc(-c2ccc(C(=O)Nc3ccc4cccnc4n3)cc2N)cc1. The third-order valence-corrected chi connectivity index (χ3v) is 4.48. The average molecular weight is 378 g/mol. The molecule has 0 aliphatic heterocycles. The fourth-order valence-corrected chi connectivity index (χ4v) is 3.06. The number of aromatic nitrogens is 2. The standard InChI is InChI=1S/C24H18N4O/c1-2-4-16-6-8-17(9-7-16)20-12-10-19(15-21(20)25)24(29)28-22-13-11-18-5-3-14-26-23(18)27-22/h3,5-15H,25H2,1H3,(H,26,27,28,29). The predicted octanol–water partition coefficient (Wildman–Crippen LogP) is 4.50. The van der Waals surface area contributed by atoms with Gasteiger partial charge in [-0.05, 0) is 61.0 Å². The van der Waals surface area contributed by atoms with Crippen molar-refractivity contribution in [1.82, 2.24) is 9.97 Å². The van der Waals surface area contributed by atoms with Crippen LogP contribution in [0.15, 0.2) is 72.9 Å². The molecule has 0 spiro atoms. The van der Waals surface area contributed by atoms with Crippen LogP contribution in [-0.2, 0) is 0 Å². The van der Waals surface area contributed by atoms with Gasteiger partial charge in [-0.3, -0.25) is 4.79 Å². The van der Waals surface area contributed by atoms with Gasteiger partial charge in [-0.15, -0.1) is 5.92 Å². The van der Waals surface area contributed by atoms with Crippen LogP contribution in [0.25, 0.3) is 22.2 Å². The first-order valence-electron chi connectivity index (χ1n) is 9.10. The predicted molar refractivity (Wildman–Crippen MR) is 116 cm³/mol. The van der Waals surface area contributed by atoms with E-state index in [9.17, 15) is 4.79 Å². The lowest BCUT2D eigenvalue weighted by Gasteiger charge is -2.10. The fraction of sp³-hybridized carbons (Fsp3) is 0.0417. The summed E-state index contributed by atoms with van der Waals surface area (Å²) >= 11 is 0. The first kappa shape index (κ1) is 18.2. The zero-order chi connectivity index (χ0) is 20.2. The van der Waals surface area contributed by atoms with E-state index in [4.69, 9.17) is 5.73 Å². The number of nitrogens with one attached hydrogen (secondary N) is 1. The van der Waals surface area contributed by atoms with E-state index in [0.29, 0.717) is 22.7 Å². The van der Waals surface area contributed by atoms with E-state index in [0.717, 1.165) is 22.1 Å². The maximum absolute atomic E-state index is 12.6. The summed E-state index contributed by atoms with van der Waals surface area (Å²) < 4.78 is 0. The Bertz CT molecular complexity index is 1270. The smallest absolute Gasteiger partial charge is 0.256 e. The second-order valence-corrected chi connectivity index (χ2v) is 6.46. The van der Waals surface area contributed by atoms with E-state index < -0.39 is 0 Å². The highest BCUT2D eigenvalue weighted by Gasteiger charge is 2.11. The van der Waals surface area contributed by atoms with Gasteiger partial charge in [-0.2, -0.15) is 0 Å². The van der Waals surface area contributed by atoms with Crippen LogP contribution >= 0.6 is 0 Å². The summed E-state index contributed by atoms with van der Waals surface area (Å²) in [4.78, 5) is 21.2. The van der Waals surface area contributed by atoms with Gasteiger partial charge < -0.3 is 11.1 Å². The van der Waals surface area contributed by atoms with Crippen molar-refractivity contribution in [3.8, 4) is 23.0 Å². The largest absolute Gasteiger partial charge is 0.398 e. The van der Waals surface area contributed by atoms with E-state index in [1.165, 1.54) is 0 Å². The number of nitrogens with zero attached hydrogens (tertiary/aromatic N) is 2. The van der Waals surface area contributed by atoms with Gasteiger partial charge in [-0.25, -0.2) is 9.97 Å². The topological polar surface area (TPSA) is 80.9 Å². The van der Waals surface area contributed by atoms with Gasteiger partial charge in [-0.1, -0.05) is 24.1 Å². The third-order valence-electron chi connectivity index (χ3n) is 4.48. The van der Waals surface area contributed by atoms with Gasteiger partial charge in [0.15, 0.2) is 5.65 Å². The van der Waals surface area contributed by atoms with Gasteiger partial charge in [0.1, 0.15) is 5.82 Å². The fourth-order valence-electron chi connectivity index (χ4n) is 3.06. The number of benzene rings is 2. The first-order valence-corrected chi connectivity index (χ1v) is 9.10. The lowest BCUT2D eigenvalue weighted by Crippen LogP contribution is -2.13. The Labute approximate surface area is 168 Å². The minimum atomic E-state index is -0.278. The summed E-state index contributed by atoms with van der Waals surface area (Å²) in [5.41, 5.74) is 10.6. The summed E-state index contributed by atoms with van der Waals surface area (Å²) in [6, 6.07) is 20.5. The molecule has 2 heterocycles. The molecule has 0 radical (unpaired) electrons. The van der Waals surface area contributed by atoms with Crippen molar-refractivity contribution >= 4 is 28.4 Å². The molecule has 4 aromatic rings. The Morgan fingerprint density at radius 2 is 1.86 bits per heavy atom. The van der Waals surface area contributed by atoms with Crippen molar-refractivity contribution in [3.05, 3.63) is 84.1 Å². The van der Waals surface area contributed by atoms with E-state index in [1.807, 2.05) is 48.5 Å². The molecule has 0 aliphatic carbocycles. The zero-order valence-corrected chi connectivity index (χ0v) is 15.8. The van der Waals surface area contributed by atoms with Crippen LogP contribution in [0.2, 0.25) is 0 Å². The number of nitrogen functional groups attached to an aromatic ring is 1. The molecule has 0 unspecified atom stereocenters. The van der Waals surface area contributed by atoms with Crippen molar-refractivity contribution < 1.29 is 4.79 Å². The molecule has 1 amide bonds. The monoisotopic (exact) mass is 378 g/mol.